The van der Waals surface area contributed by atoms with Crippen LogP contribution in [0.5, 0.6) is 0 Å². The molecule has 2 amide bonds. The lowest BCUT2D eigenvalue weighted by Gasteiger charge is -2.19. The van der Waals surface area contributed by atoms with Crippen molar-refractivity contribution in [2.45, 2.75) is 19.0 Å². The molecule has 0 unspecified atom stereocenters. The summed E-state index contributed by atoms with van der Waals surface area (Å²) in [5.41, 5.74) is 2.64. The van der Waals surface area contributed by atoms with Crippen LogP contribution in [0, 0.1) is 0 Å². The molecule has 0 aliphatic carbocycles. The predicted molar refractivity (Wildman–Crippen MR) is 97.2 cm³/mol. The molecule has 1 aliphatic heterocycles. The number of carbonyl (C=O) groups excluding carboxylic acids is 1. The molecule has 1 atom stereocenters. The molecule has 132 valence electrons. The number of aliphatic carboxylic acids is 1. The SMILES string of the molecule is O=C(O)[C@@H](Cc1ccccc1)NC(=O)N1CCn2c1nc1ccccc12. The Morgan fingerprint density at radius 1 is 1.08 bits per heavy atom. The maximum atomic E-state index is 12.7. The van der Waals surface area contributed by atoms with Gasteiger partial charge in [-0.2, -0.15) is 0 Å². The number of carboxylic acid groups (broad SMARTS) is 1. The fraction of sp³-hybridized carbons (Fsp3) is 0.211. The lowest BCUT2D eigenvalue weighted by atomic mass is 10.1. The molecule has 4 rings (SSSR count). The van der Waals surface area contributed by atoms with E-state index in [1.807, 2.05) is 59.2 Å². The Labute approximate surface area is 149 Å². The number of aromatic nitrogens is 2. The summed E-state index contributed by atoms with van der Waals surface area (Å²) in [5.74, 6) is -0.512. The maximum Gasteiger partial charge on any atom is 0.326 e. The molecule has 2 heterocycles. The second kappa shape index (κ2) is 6.51. The summed E-state index contributed by atoms with van der Waals surface area (Å²) >= 11 is 0. The van der Waals surface area contributed by atoms with Crippen LogP contribution in [0.25, 0.3) is 11.0 Å². The average Bonchev–Trinajstić information content (AvgIpc) is 3.21. The van der Waals surface area contributed by atoms with E-state index in [-0.39, 0.29) is 6.42 Å². The van der Waals surface area contributed by atoms with Gasteiger partial charge >= 0.3 is 12.0 Å². The molecular formula is C19H18N4O3. The summed E-state index contributed by atoms with van der Waals surface area (Å²) in [6.07, 6.45) is 0.228. The predicted octanol–water partition coefficient (Wildman–Crippen LogP) is 2.26. The van der Waals surface area contributed by atoms with E-state index in [0.717, 1.165) is 16.6 Å². The highest BCUT2D eigenvalue weighted by Crippen LogP contribution is 2.27. The fourth-order valence-electron chi connectivity index (χ4n) is 3.26. The highest BCUT2D eigenvalue weighted by molar-refractivity contribution is 5.95. The molecular weight excluding hydrogens is 332 g/mol. The number of urea groups is 1. The average molecular weight is 350 g/mol. The van der Waals surface area contributed by atoms with Crippen LogP contribution in [0.15, 0.2) is 54.6 Å². The van der Waals surface area contributed by atoms with Gasteiger partial charge in [-0.3, -0.25) is 4.90 Å². The van der Waals surface area contributed by atoms with Crippen molar-refractivity contribution in [2.75, 3.05) is 11.4 Å². The number of carbonyl (C=O) groups is 2. The Bertz CT molecular complexity index is 967. The van der Waals surface area contributed by atoms with Crippen LogP contribution in [0.1, 0.15) is 5.56 Å². The minimum absolute atomic E-state index is 0.228. The van der Waals surface area contributed by atoms with E-state index in [4.69, 9.17) is 0 Å². The third-order valence-electron chi connectivity index (χ3n) is 4.55. The van der Waals surface area contributed by atoms with Crippen molar-refractivity contribution in [3.63, 3.8) is 0 Å². The summed E-state index contributed by atoms with van der Waals surface area (Å²) in [5, 5.41) is 12.1. The first-order chi connectivity index (χ1) is 12.6. The number of para-hydroxylation sites is 2. The van der Waals surface area contributed by atoms with E-state index in [1.165, 1.54) is 4.90 Å². The molecule has 0 bridgehead atoms. The van der Waals surface area contributed by atoms with Gasteiger partial charge in [0.05, 0.1) is 11.0 Å². The van der Waals surface area contributed by atoms with Gasteiger partial charge in [-0.15, -0.1) is 0 Å². The number of hydrogen-bond donors (Lipinski definition) is 2. The van der Waals surface area contributed by atoms with Crippen LogP contribution >= 0.6 is 0 Å². The summed E-state index contributed by atoms with van der Waals surface area (Å²) in [4.78, 5) is 30.3. The summed E-state index contributed by atoms with van der Waals surface area (Å²) in [7, 11) is 0. The molecule has 2 aromatic carbocycles. The van der Waals surface area contributed by atoms with Gasteiger partial charge in [0.1, 0.15) is 6.04 Å². The Kier molecular flexibility index (Phi) is 4.04. The summed E-state index contributed by atoms with van der Waals surface area (Å²) in [6.45, 7) is 1.11. The molecule has 1 aromatic heterocycles. The van der Waals surface area contributed by atoms with Gasteiger partial charge < -0.3 is 15.0 Å². The molecule has 7 nitrogen and oxygen atoms in total. The van der Waals surface area contributed by atoms with Gasteiger partial charge in [0, 0.05) is 19.5 Å². The third kappa shape index (κ3) is 2.88. The molecule has 2 N–H and O–H groups in total. The Morgan fingerprint density at radius 2 is 1.81 bits per heavy atom. The van der Waals surface area contributed by atoms with E-state index in [0.29, 0.717) is 19.0 Å². The molecule has 1 aliphatic rings. The molecule has 0 radical (unpaired) electrons. The molecule has 26 heavy (non-hydrogen) atoms. The smallest absolute Gasteiger partial charge is 0.326 e. The molecule has 3 aromatic rings. The fourth-order valence-corrected chi connectivity index (χ4v) is 3.26. The first-order valence-corrected chi connectivity index (χ1v) is 8.43. The number of benzene rings is 2. The van der Waals surface area contributed by atoms with E-state index < -0.39 is 18.0 Å². The van der Waals surface area contributed by atoms with Crippen molar-refractivity contribution >= 4 is 29.0 Å². The standard InChI is InChI=1S/C19H18N4O3/c24-17(25)15(12-13-6-2-1-3-7-13)21-19(26)23-11-10-22-16-9-5-4-8-14(16)20-18(22)23/h1-9,15H,10-12H2,(H,21,26)(H,24,25)/t15-/m1/s1. The maximum absolute atomic E-state index is 12.7. The van der Waals surface area contributed by atoms with E-state index in [1.54, 1.807) is 0 Å². The number of imidazole rings is 1. The molecule has 0 saturated heterocycles. The number of hydrogen-bond acceptors (Lipinski definition) is 3. The van der Waals surface area contributed by atoms with E-state index in [2.05, 4.69) is 10.3 Å². The third-order valence-corrected chi connectivity index (χ3v) is 4.55. The normalized spacial score (nSPS) is 14.2. The molecule has 0 saturated carbocycles. The Hall–Kier alpha value is -3.35. The van der Waals surface area contributed by atoms with Crippen LogP contribution in [-0.2, 0) is 17.8 Å². The summed E-state index contributed by atoms with van der Waals surface area (Å²) < 4.78 is 1.97. The second-order valence-electron chi connectivity index (χ2n) is 6.23. The molecule has 0 fully saturated rings. The zero-order valence-corrected chi connectivity index (χ0v) is 14.0. The largest absolute Gasteiger partial charge is 0.480 e. The second-order valence-corrected chi connectivity index (χ2v) is 6.23. The van der Waals surface area contributed by atoms with Crippen LogP contribution in [-0.4, -0.2) is 39.2 Å². The van der Waals surface area contributed by atoms with Crippen LogP contribution in [0.3, 0.4) is 0 Å². The lowest BCUT2D eigenvalue weighted by molar-refractivity contribution is -0.139. The van der Waals surface area contributed by atoms with Crippen molar-refractivity contribution < 1.29 is 14.7 Å². The number of carboxylic acids is 1. The van der Waals surface area contributed by atoms with E-state index in [9.17, 15) is 14.7 Å². The topological polar surface area (TPSA) is 87.5 Å². The quantitative estimate of drug-likeness (QED) is 0.756. The van der Waals surface area contributed by atoms with Crippen LogP contribution in [0.4, 0.5) is 10.7 Å². The zero-order valence-electron chi connectivity index (χ0n) is 14.0. The van der Waals surface area contributed by atoms with Gasteiger partial charge in [0.15, 0.2) is 0 Å². The van der Waals surface area contributed by atoms with Crippen molar-refractivity contribution in [3.8, 4) is 0 Å². The highest BCUT2D eigenvalue weighted by atomic mass is 16.4. The van der Waals surface area contributed by atoms with Gasteiger partial charge in [-0.25, -0.2) is 14.6 Å². The molecule has 7 heteroatoms. The number of fused-ring (bicyclic) bond motifs is 3. The minimum atomic E-state index is -1.06. The number of rotatable bonds is 4. The monoisotopic (exact) mass is 350 g/mol. The lowest BCUT2D eigenvalue weighted by Crippen LogP contribution is -2.48. The van der Waals surface area contributed by atoms with Gasteiger partial charge in [0.25, 0.3) is 0 Å². The number of amides is 2. The first kappa shape index (κ1) is 16.1. The van der Waals surface area contributed by atoms with Gasteiger partial charge in [-0.05, 0) is 17.7 Å². The highest BCUT2D eigenvalue weighted by Gasteiger charge is 2.31. The van der Waals surface area contributed by atoms with Crippen LogP contribution < -0.4 is 10.2 Å². The Morgan fingerprint density at radius 3 is 2.58 bits per heavy atom. The van der Waals surface area contributed by atoms with E-state index >= 15 is 0 Å². The Balaban J connectivity index is 1.54. The molecule has 0 spiro atoms. The number of anilines is 1. The first-order valence-electron chi connectivity index (χ1n) is 8.43. The van der Waals surface area contributed by atoms with Crippen molar-refractivity contribution in [1.82, 2.24) is 14.9 Å². The summed E-state index contributed by atoms with van der Waals surface area (Å²) in [6, 6.07) is 15.5. The van der Waals surface area contributed by atoms with Gasteiger partial charge in [0.2, 0.25) is 5.95 Å². The van der Waals surface area contributed by atoms with Crippen LogP contribution in [0.2, 0.25) is 0 Å². The number of nitrogens with zero attached hydrogens (tertiary/aromatic N) is 3. The van der Waals surface area contributed by atoms with Crippen molar-refractivity contribution in [3.05, 3.63) is 60.2 Å². The van der Waals surface area contributed by atoms with Crippen molar-refractivity contribution in [2.24, 2.45) is 0 Å². The van der Waals surface area contributed by atoms with Gasteiger partial charge in [-0.1, -0.05) is 42.5 Å². The minimum Gasteiger partial charge on any atom is -0.480 e. The zero-order chi connectivity index (χ0) is 18.1. The van der Waals surface area contributed by atoms with Crippen molar-refractivity contribution in [1.29, 1.82) is 0 Å². The number of nitrogens with one attached hydrogen (secondary N) is 1.